The number of aryl methyl sites for hydroxylation is 1. The quantitative estimate of drug-likeness (QED) is 0.257. The van der Waals surface area contributed by atoms with Gasteiger partial charge in [-0.05, 0) is 18.9 Å². The molecule has 0 radical (unpaired) electrons. The highest BCUT2D eigenvalue weighted by atomic mass is 16.4. The van der Waals surface area contributed by atoms with Gasteiger partial charge in [0, 0.05) is 33.3 Å². The summed E-state index contributed by atoms with van der Waals surface area (Å²) in [5, 5.41) is 22.2. The van der Waals surface area contributed by atoms with Crippen molar-refractivity contribution in [1.29, 1.82) is 0 Å². The largest absolute Gasteiger partial charge is 0.431 e. The van der Waals surface area contributed by atoms with Gasteiger partial charge in [0.15, 0.2) is 5.65 Å². The number of nitrogens with one attached hydrogen (secondary N) is 3. The molecule has 0 spiro atoms. The van der Waals surface area contributed by atoms with E-state index < -0.39 is 5.91 Å². The Morgan fingerprint density at radius 2 is 2.15 bits per heavy atom. The van der Waals surface area contributed by atoms with Crippen molar-refractivity contribution in [2.24, 2.45) is 5.92 Å². The third-order valence-electron chi connectivity index (χ3n) is 4.87. The minimum atomic E-state index is -0.432. The molecular weight excluding hydrogens is 440 g/mol. The first-order chi connectivity index (χ1) is 16.3. The number of amides is 2. The standard InChI is InChI=1S/C22H28N8O4/c1-6-7-16(21(33)29(5)22-26-14(3)12-34-22)27-17-8-18(23-4)30-19(28-17)15(10-25-30)20(32)24-9-13(2)11-31/h6-8,10,12-13,23,31H,1,9,11H2,2-5H3,(H,24,32)(H,27,28)/b16-7+/t13-/m0/s1. The Bertz CT molecular complexity index is 1230. The van der Waals surface area contributed by atoms with Crippen LogP contribution >= 0.6 is 0 Å². The average Bonchev–Trinajstić information content (AvgIpc) is 3.46. The molecular formula is C22H28N8O4. The first-order valence-electron chi connectivity index (χ1n) is 10.5. The third kappa shape index (κ3) is 5.23. The topological polar surface area (TPSA) is 150 Å². The molecule has 3 heterocycles. The van der Waals surface area contributed by atoms with E-state index in [1.807, 2.05) is 6.92 Å². The highest BCUT2D eigenvalue weighted by Crippen LogP contribution is 2.21. The molecule has 0 aromatic carbocycles. The van der Waals surface area contributed by atoms with E-state index in [-0.39, 0.29) is 41.4 Å². The monoisotopic (exact) mass is 468 g/mol. The number of allylic oxidation sites excluding steroid dienone is 2. The summed E-state index contributed by atoms with van der Waals surface area (Å²) in [6, 6.07) is 1.79. The van der Waals surface area contributed by atoms with Crippen LogP contribution in [-0.2, 0) is 4.79 Å². The Labute approximate surface area is 196 Å². The van der Waals surface area contributed by atoms with Crippen molar-refractivity contribution >= 4 is 35.1 Å². The van der Waals surface area contributed by atoms with Crippen LogP contribution in [0, 0.1) is 12.8 Å². The number of aliphatic hydroxyl groups excluding tert-OH is 1. The molecule has 3 rings (SSSR count). The van der Waals surface area contributed by atoms with E-state index in [0.29, 0.717) is 23.9 Å². The summed E-state index contributed by atoms with van der Waals surface area (Å²) >= 11 is 0. The lowest BCUT2D eigenvalue weighted by Crippen LogP contribution is -2.31. The molecule has 12 nitrogen and oxygen atoms in total. The zero-order valence-electron chi connectivity index (χ0n) is 19.5. The van der Waals surface area contributed by atoms with Crippen LogP contribution in [0.1, 0.15) is 23.0 Å². The summed E-state index contributed by atoms with van der Waals surface area (Å²) in [5.41, 5.74) is 1.33. The van der Waals surface area contributed by atoms with Gasteiger partial charge in [-0.15, -0.1) is 0 Å². The van der Waals surface area contributed by atoms with Crippen LogP contribution in [-0.4, -0.2) is 63.7 Å². The van der Waals surface area contributed by atoms with Crippen molar-refractivity contribution < 1.29 is 19.1 Å². The fraction of sp³-hybridized carbons (Fsp3) is 0.318. The molecule has 0 aliphatic rings. The number of hydrogen-bond donors (Lipinski definition) is 4. The predicted octanol–water partition coefficient (Wildman–Crippen LogP) is 1.57. The summed E-state index contributed by atoms with van der Waals surface area (Å²) in [4.78, 5) is 35.7. The smallest absolute Gasteiger partial charge is 0.304 e. The minimum absolute atomic E-state index is 0.0424. The number of anilines is 3. The first kappa shape index (κ1) is 24.5. The van der Waals surface area contributed by atoms with Gasteiger partial charge in [-0.1, -0.05) is 19.6 Å². The maximum Gasteiger partial charge on any atom is 0.304 e. The van der Waals surface area contributed by atoms with Gasteiger partial charge in [0.1, 0.15) is 29.2 Å². The Morgan fingerprint density at radius 1 is 1.38 bits per heavy atom. The highest BCUT2D eigenvalue weighted by molar-refractivity contribution is 6.06. The normalized spacial score (nSPS) is 12.3. The van der Waals surface area contributed by atoms with E-state index >= 15 is 0 Å². The molecule has 0 unspecified atom stereocenters. The van der Waals surface area contributed by atoms with Crippen LogP contribution in [0.15, 0.2) is 47.4 Å². The fourth-order valence-electron chi connectivity index (χ4n) is 2.98. The molecule has 4 N–H and O–H groups in total. The van der Waals surface area contributed by atoms with Crippen LogP contribution in [0.2, 0.25) is 0 Å². The first-order valence-corrected chi connectivity index (χ1v) is 10.5. The maximum atomic E-state index is 13.1. The van der Waals surface area contributed by atoms with E-state index in [1.54, 1.807) is 20.0 Å². The van der Waals surface area contributed by atoms with Crippen LogP contribution in [0.4, 0.5) is 17.7 Å². The van der Waals surface area contributed by atoms with Crippen LogP contribution in [0.3, 0.4) is 0 Å². The summed E-state index contributed by atoms with van der Waals surface area (Å²) < 4.78 is 6.80. The van der Waals surface area contributed by atoms with Gasteiger partial charge in [0.05, 0.1) is 11.9 Å². The van der Waals surface area contributed by atoms with Gasteiger partial charge in [-0.25, -0.2) is 4.98 Å². The molecule has 180 valence electrons. The Morgan fingerprint density at radius 3 is 2.76 bits per heavy atom. The van der Waals surface area contributed by atoms with Crippen LogP contribution in [0.5, 0.6) is 0 Å². The lowest BCUT2D eigenvalue weighted by Gasteiger charge is -2.17. The van der Waals surface area contributed by atoms with E-state index in [2.05, 4.69) is 37.6 Å². The number of carbonyl (C=O) groups excluding carboxylic acids is 2. The van der Waals surface area contributed by atoms with Crippen molar-refractivity contribution in [3.05, 3.63) is 54.2 Å². The van der Waals surface area contributed by atoms with Crippen LogP contribution < -0.4 is 20.9 Å². The Hall–Kier alpha value is -4.19. The van der Waals surface area contributed by atoms with E-state index in [4.69, 9.17) is 4.42 Å². The second kappa shape index (κ2) is 10.6. The summed E-state index contributed by atoms with van der Waals surface area (Å²) in [5.74, 6) is -0.0605. The van der Waals surface area contributed by atoms with Gasteiger partial charge in [-0.2, -0.15) is 14.6 Å². The molecule has 1 atom stereocenters. The number of oxazole rings is 1. The molecule has 0 fully saturated rings. The zero-order valence-corrected chi connectivity index (χ0v) is 19.5. The number of rotatable bonds is 10. The SMILES string of the molecule is C=C/C=C(/Nc1cc(NC)n2ncc(C(=O)NC[C@H](C)CO)c2n1)C(=O)N(C)c1nc(C)co1. The Kier molecular flexibility index (Phi) is 7.64. The van der Waals surface area contributed by atoms with Gasteiger partial charge >= 0.3 is 6.01 Å². The van der Waals surface area contributed by atoms with Crippen molar-refractivity contribution in [1.82, 2.24) is 24.9 Å². The van der Waals surface area contributed by atoms with Gasteiger partial charge < -0.3 is 25.5 Å². The summed E-state index contributed by atoms with van der Waals surface area (Å²) in [6.07, 6.45) is 5.83. The minimum Gasteiger partial charge on any atom is -0.431 e. The van der Waals surface area contributed by atoms with Gasteiger partial charge in [0.25, 0.3) is 11.8 Å². The van der Waals surface area contributed by atoms with E-state index in [9.17, 15) is 14.7 Å². The number of aliphatic hydroxyl groups is 1. The van der Waals surface area contributed by atoms with E-state index in [1.165, 1.54) is 41.1 Å². The molecule has 0 saturated carbocycles. The molecule has 0 bridgehead atoms. The molecule has 0 aliphatic heterocycles. The lowest BCUT2D eigenvalue weighted by atomic mass is 10.2. The lowest BCUT2D eigenvalue weighted by molar-refractivity contribution is -0.114. The van der Waals surface area contributed by atoms with Crippen LogP contribution in [0.25, 0.3) is 5.65 Å². The Balaban J connectivity index is 1.93. The number of nitrogens with zero attached hydrogens (tertiary/aromatic N) is 5. The maximum absolute atomic E-state index is 13.1. The molecule has 34 heavy (non-hydrogen) atoms. The summed E-state index contributed by atoms with van der Waals surface area (Å²) in [7, 11) is 3.24. The fourth-order valence-corrected chi connectivity index (χ4v) is 2.98. The molecule has 2 amide bonds. The third-order valence-corrected chi connectivity index (χ3v) is 4.87. The second-order valence-corrected chi connectivity index (χ2v) is 7.64. The number of carbonyl (C=O) groups is 2. The average molecular weight is 469 g/mol. The summed E-state index contributed by atoms with van der Waals surface area (Å²) in [6.45, 7) is 7.50. The van der Waals surface area contributed by atoms with Crippen molar-refractivity contribution in [2.75, 3.05) is 42.8 Å². The van der Waals surface area contributed by atoms with Crippen molar-refractivity contribution in [3.8, 4) is 0 Å². The van der Waals surface area contributed by atoms with Gasteiger partial charge in [0.2, 0.25) is 0 Å². The van der Waals surface area contributed by atoms with E-state index in [0.717, 1.165) is 0 Å². The zero-order chi connectivity index (χ0) is 24.8. The van der Waals surface area contributed by atoms with Crippen molar-refractivity contribution in [2.45, 2.75) is 13.8 Å². The molecule has 3 aromatic heterocycles. The van der Waals surface area contributed by atoms with Crippen molar-refractivity contribution in [3.63, 3.8) is 0 Å². The number of fused-ring (bicyclic) bond motifs is 1. The molecule has 12 heteroatoms. The molecule has 0 saturated heterocycles. The number of aromatic nitrogens is 4. The number of hydrogen-bond acceptors (Lipinski definition) is 9. The number of likely N-dealkylation sites (N-methyl/N-ethyl adjacent to an activating group) is 1. The predicted molar refractivity (Wildman–Crippen MR) is 128 cm³/mol. The molecule has 0 aliphatic carbocycles. The molecule has 3 aromatic rings. The highest BCUT2D eigenvalue weighted by Gasteiger charge is 2.22. The van der Waals surface area contributed by atoms with Gasteiger partial charge in [-0.3, -0.25) is 14.5 Å². The second-order valence-electron chi connectivity index (χ2n) is 7.64.